The molecule has 0 aromatic rings. The van der Waals surface area contributed by atoms with E-state index in [1.54, 1.807) is 0 Å². The van der Waals surface area contributed by atoms with Gasteiger partial charge in [0.1, 0.15) is 0 Å². The van der Waals surface area contributed by atoms with Crippen LogP contribution in [0.4, 0.5) is 0 Å². The maximum atomic E-state index is 5.78. The molecule has 4 unspecified atom stereocenters. The van der Waals surface area contributed by atoms with Gasteiger partial charge in [-0.15, -0.1) is 0 Å². The summed E-state index contributed by atoms with van der Waals surface area (Å²) in [5, 5.41) is 0. The molecule has 5 aliphatic rings. The van der Waals surface area contributed by atoms with Gasteiger partial charge in [0.25, 0.3) is 0 Å². The first kappa shape index (κ1) is 33.8. The SMILES string of the molecule is C.C.CC(C)(C)N1C2CCC1COC2.CC(C)(C)N1CC2CCC(C1)O2.CC(C)(C)N1CCOCC1. The molecular formula is C30H63N3O3. The van der Waals surface area contributed by atoms with Gasteiger partial charge in [-0.25, -0.2) is 0 Å². The first-order valence-corrected chi connectivity index (χ1v) is 13.8. The highest BCUT2D eigenvalue weighted by Crippen LogP contribution is 2.34. The van der Waals surface area contributed by atoms with Crippen LogP contribution in [-0.4, -0.2) is 108 Å². The van der Waals surface area contributed by atoms with E-state index < -0.39 is 0 Å². The van der Waals surface area contributed by atoms with Crippen LogP contribution in [0.15, 0.2) is 0 Å². The minimum atomic E-state index is 0. The van der Waals surface area contributed by atoms with Crippen molar-refractivity contribution in [2.45, 2.75) is 144 Å². The van der Waals surface area contributed by atoms with E-state index in [-0.39, 0.29) is 14.9 Å². The molecule has 0 aromatic carbocycles. The topological polar surface area (TPSA) is 37.4 Å². The van der Waals surface area contributed by atoms with Crippen molar-refractivity contribution in [1.82, 2.24) is 14.7 Å². The summed E-state index contributed by atoms with van der Waals surface area (Å²) < 4.78 is 16.6. The molecule has 0 N–H and O–H groups in total. The Kier molecular flexibility index (Phi) is 12.9. The number of rotatable bonds is 0. The summed E-state index contributed by atoms with van der Waals surface area (Å²) in [5.74, 6) is 0. The maximum absolute atomic E-state index is 5.78. The fourth-order valence-electron chi connectivity index (χ4n) is 6.12. The molecule has 36 heavy (non-hydrogen) atoms. The molecule has 0 spiro atoms. The van der Waals surface area contributed by atoms with Crippen LogP contribution in [0.25, 0.3) is 0 Å². The molecule has 5 heterocycles. The summed E-state index contributed by atoms with van der Waals surface area (Å²) in [4.78, 5) is 7.66. The third-order valence-corrected chi connectivity index (χ3v) is 7.97. The molecular weight excluding hydrogens is 450 g/mol. The van der Waals surface area contributed by atoms with E-state index in [0.717, 1.165) is 52.6 Å². The van der Waals surface area contributed by atoms with Gasteiger partial charge in [-0.2, -0.15) is 0 Å². The van der Waals surface area contributed by atoms with Crippen LogP contribution in [-0.2, 0) is 14.2 Å². The summed E-state index contributed by atoms with van der Waals surface area (Å²) in [7, 11) is 0. The average molecular weight is 514 g/mol. The molecule has 5 fully saturated rings. The lowest BCUT2D eigenvalue weighted by molar-refractivity contribution is -0.0668. The van der Waals surface area contributed by atoms with Crippen molar-refractivity contribution < 1.29 is 14.2 Å². The molecule has 0 aliphatic carbocycles. The van der Waals surface area contributed by atoms with Gasteiger partial charge in [-0.1, -0.05) is 14.9 Å². The molecule has 5 saturated heterocycles. The standard InChI is InChI=1S/2C10H19NO.C8H17NO.2CH4/c1-10(2,3)11-8-4-5-9(11)7-12-6-8;1-10(2,3)11-6-8-4-5-9(7-11)12-8;1-8(2,3)9-4-6-10-7-5-9;;/h2*8-9H,4-7H2,1-3H3;4-7H2,1-3H3;2*1H4. The Hall–Kier alpha value is -0.240. The second-order valence-corrected chi connectivity index (χ2v) is 13.8. The lowest BCUT2D eigenvalue weighted by Gasteiger charge is -2.44. The Balaban J connectivity index is 0.000000264. The molecule has 6 nitrogen and oxygen atoms in total. The lowest BCUT2D eigenvalue weighted by Crippen LogP contribution is -2.54. The Labute approximate surface area is 225 Å². The van der Waals surface area contributed by atoms with Gasteiger partial charge in [0.05, 0.1) is 38.6 Å². The average Bonchev–Trinajstić information content (AvgIpc) is 3.23. The number of hydrogen-bond donors (Lipinski definition) is 0. The fourth-order valence-corrected chi connectivity index (χ4v) is 6.12. The van der Waals surface area contributed by atoms with Gasteiger partial charge in [-0.3, -0.25) is 14.7 Å². The zero-order valence-corrected chi connectivity index (χ0v) is 23.9. The quantitative estimate of drug-likeness (QED) is 0.414. The van der Waals surface area contributed by atoms with Crippen molar-refractivity contribution in [3.8, 4) is 0 Å². The van der Waals surface area contributed by atoms with Gasteiger partial charge in [0, 0.05) is 54.9 Å². The summed E-state index contributed by atoms with van der Waals surface area (Å²) in [6.45, 7) is 28.7. The number of nitrogens with zero attached hydrogens (tertiary/aromatic N) is 3. The zero-order valence-electron chi connectivity index (χ0n) is 23.9. The van der Waals surface area contributed by atoms with Crippen molar-refractivity contribution in [3.05, 3.63) is 0 Å². The number of morpholine rings is 3. The largest absolute Gasteiger partial charge is 0.379 e. The van der Waals surface area contributed by atoms with Crippen molar-refractivity contribution in [3.63, 3.8) is 0 Å². The third kappa shape index (κ3) is 9.50. The fraction of sp³-hybridized carbons (Fsp3) is 1.00. The van der Waals surface area contributed by atoms with Crippen LogP contribution >= 0.6 is 0 Å². The van der Waals surface area contributed by atoms with Crippen LogP contribution in [0.3, 0.4) is 0 Å². The number of hydrogen-bond acceptors (Lipinski definition) is 6. The molecule has 5 aliphatic heterocycles. The van der Waals surface area contributed by atoms with E-state index in [1.165, 1.54) is 25.7 Å². The number of likely N-dealkylation sites (tertiary alicyclic amines) is 1. The van der Waals surface area contributed by atoms with Gasteiger partial charge >= 0.3 is 0 Å². The third-order valence-electron chi connectivity index (χ3n) is 7.97. The molecule has 0 aromatic heterocycles. The number of ether oxygens (including phenoxy) is 3. The first-order valence-electron chi connectivity index (χ1n) is 13.8. The van der Waals surface area contributed by atoms with E-state index in [0.29, 0.717) is 40.9 Å². The first-order chi connectivity index (χ1) is 15.7. The zero-order chi connectivity index (χ0) is 25.1. The molecule has 0 amide bonds. The van der Waals surface area contributed by atoms with Crippen molar-refractivity contribution >= 4 is 0 Å². The van der Waals surface area contributed by atoms with Gasteiger partial charge < -0.3 is 14.2 Å². The Morgan fingerprint density at radius 3 is 1.33 bits per heavy atom. The van der Waals surface area contributed by atoms with Crippen LogP contribution in [0, 0.1) is 0 Å². The van der Waals surface area contributed by atoms with Crippen LogP contribution < -0.4 is 0 Å². The molecule has 0 saturated carbocycles. The Morgan fingerprint density at radius 1 is 0.556 bits per heavy atom. The number of fused-ring (bicyclic) bond motifs is 4. The second kappa shape index (κ2) is 13.7. The highest BCUT2D eigenvalue weighted by Gasteiger charge is 2.42. The minimum absolute atomic E-state index is 0. The van der Waals surface area contributed by atoms with Crippen molar-refractivity contribution in [1.29, 1.82) is 0 Å². The van der Waals surface area contributed by atoms with Crippen LogP contribution in [0.5, 0.6) is 0 Å². The minimum Gasteiger partial charge on any atom is -0.379 e. The van der Waals surface area contributed by atoms with Crippen LogP contribution in [0.1, 0.15) is 103 Å². The molecule has 6 heteroatoms. The predicted octanol–water partition coefficient (Wildman–Crippen LogP) is 5.69. The predicted molar refractivity (Wildman–Crippen MR) is 154 cm³/mol. The molecule has 216 valence electrons. The van der Waals surface area contributed by atoms with E-state index in [1.807, 2.05) is 0 Å². The molecule has 0 radical (unpaired) electrons. The molecule has 5 rings (SSSR count). The smallest absolute Gasteiger partial charge is 0.0707 e. The van der Waals surface area contributed by atoms with Crippen molar-refractivity contribution in [2.75, 3.05) is 52.6 Å². The molecule has 4 bridgehead atoms. The summed E-state index contributed by atoms with van der Waals surface area (Å²) in [6.07, 6.45) is 6.28. The van der Waals surface area contributed by atoms with E-state index in [2.05, 4.69) is 77.0 Å². The summed E-state index contributed by atoms with van der Waals surface area (Å²) in [6, 6.07) is 1.40. The Morgan fingerprint density at radius 2 is 1.00 bits per heavy atom. The lowest BCUT2D eigenvalue weighted by atomic mass is 10.0. The second-order valence-electron chi connectivity index (χ2n) is 13.8. The van der Waals surface area contributed by atoms with Gasteiger partial charge in [0.2, 0.25) is 0 Å². The molecule has 4 atom stereocenters. The summed E-state index contributed by atoms with van der Waals surface area (Å²) >= 11 is 0. The highest BCUT2D eigenvalue weighted by atomic mass is 16.5. The van der Waals surface area contributed by atoms with Crippen molar-refractivity contribution in [2.24, 2.45) is 0 Å². The highest BCUT2D eigenvalue weighted by molar-refractivity contribution is 4.97. The van der Waals surface area contributed by atoms with E-state index in [9.17, 15) is 0 Å². The normalized spacial score (nSPS) is 31.2. The Bertz CT molecular complexity index is 588. The maximum Gasteiger partial charge on any atom is 0.0707 e. The van der Waals surface area contributed by atoms with E-state index in [4.69, 9.17) is 14.2 Å². The van der Waals surface area contributed by atoms with Gasteiger partial charge in [-0.05, 0) is 88.0 Å². The summed E-state index contributed by atoms with van der Waals surface area (Å²) in [5.41, 5.74) is 0.976. The van der Waals surface area contributed by atoms with Gasteiger partial charge in [0.15, 0.2) is 0 Å². The van der Waals surface area contributed by atoms with Crippen LogP contribution in [0.2, 0.25) is 0 Å². The monoisotopic (exact) mass is 513 g/mol. The van der Waals surface area contributed by atoms with E-state index >= 15 is 0 Å².